The Hall–Kier alpha value is -2.48. The number of aromatic nitrogens is 2. The van der Waals surface area contributed by atoms with Crippen molar-refractivity contribution in [2.45, 2.75) is 13.5 Å². The summed E-state index contributed by atoms with van der Waals surface area (Å²) in [4.78, 5) is 2.16. The summed E-state index contributed by atoms with van der Waals surface area (Å²) >= 11 is 0. The number of aryl methyl sites for hydroxylation is 2. The van der Waals surface area contributed by atoms with E-state index in [1.807, 2.05) is 32.2 Å². The van der Waals surface area contributed by atoms with Gasteiger partial charge in [0.25, 0.3) is 0 Å². The molecule has 2 aromatic rings. The fourth-order valence-electron chi connectivity index (χ4n) is 2.65. The molecular weight excluding hydrogens is 252 g/mol. The van der Waals surface area contributed by atoms with Crippen molar-refractivity contribution in [2.75, 3.05) is 18.1 Å². The highest BCUT2D eigenvalue weighted by Gasteiger charge is 2.22. The minimum absolute atomic E-state index is 0.603. The van der Waals surface area contributed by atoms with Crippen molar-refractivity contribution in [3.63, 3.8) is 0 Å². The predicted octanol–water partition coefficient (Wildman–Crippen LogP) is 2.00. The highest BCUT2D eigenvalue weighted by Crippen LogP contribution is 2.28. The molecule has 0 bridgehead atoms. The molecule has 102 valence electrons. The van der Waals surface area contributed by atoms with E-state index in [1.165, 1.54) is 0 Å². The summed E-state index contributed by atoms with van der Waals surface area (Å²) in [6.07, 6.45) is 0. The van der Waals surface area contributed by atoms with Crippen molar-refractivity contribution in [1.29, 1.82) is 5.26 Å². The second-order valence-electron chi connectivity index (χ2n) is 4.90. The summed E-state index contributed by atoms with van der Waals surface area (Å²) in [7, 11) is 1.88. The summed E-state index contributed by atoms with van der Waals surface area (Å²) in [6.45, 7) is 3.93. The topological polar surface area (TPSA) is 54.1 Å². The molecule has 0 fully saturated rings. The van der Waals surface area contributed by atoms with E-state index in [1.54, 1.807) is 4.68 Å². The van der Waals surface area contributed by atoms with Gasteiger partial charge in [0, 0.05) is 19.2 Å². The molecule has 1 aliphatic rings. The summed E-state index contributed by atoms with van der Waals surface area (Å²) in [5.41, 5.74) is 2.54. The molecule has 0 N–H and O–H groups in total. The molecular formula is C15H16N4O. The van der Waals surface area contributed by atoms with E-state index < -0.39 is 0 Å². The number of anilines is 1. The van der Waals surface area contributed by atoms with Gasteiger partial charge in [-0.1, -0.05) is 18.2 Å². The van der Waals surface area contributed by atoms with Gasteiger partial charge in [-0.25, -0.2) is 0 Å². The monoisotopic (exact) mass is 268 g/mol. The van der Waals surface area contributed by atoms with Crippen molar-refractivity contribution in [1.82, 2.24) is 9.78 Å². The molecule has 0 saturated carbocycles. The Labute approximate surface area is 118 Å². The summed E-state index contributed by atoms with van der Waals surface area (Å²) in [5.74, 6) is 1.79. The van der Waals surface area contributed by atoms with Crippen LogP contribution in [-0.2, 0) is 13.6 Å². The highest BCUT2D eigenvalue weighted by molar-refractivity contribution is 5.58. The van der Waals surface area contributed by atoms with Gasteiger partial charge in [-0.2, -0.15) is 10.4 Å². The molecule has 20 heavy (non-hydrogen) atoms. The van der Waals surface area contributed by atoms with Gasteiger partial charge in [-0.15, -0.1) is 0 Å². The van der Waals surface area contributed by atoms with Gasteiger partial charge in [-0.3, -0.25) is 4.68 Å². The minimum atomic E-state index is 0.603. The fourth-order valence-corrected chi connectivity index (χ4v) is 2.65. The second-order valence-corrected chi connectivity index (χ2v) is 4.90. The first kappa shape index (κ1) is 12.5. The number of rotatable bonds is 1. The number of hydrogen-bond donors (Lipinski definition) is 0. The lowest BCUT2D eigenvalue weighted by atomic mass is 10.2. The van der Waals surface area contributed by atoms with Crippen LogP contribution in [0, 0.1) is 18.3 Å². The zero-order valence-corrected chi connectivity index (χ0v) is 11.6. The molecule has 1 aromatic carbocycles. The Morgan fingerprint density at radius 3 is 2.95 bits per heavy atom. The number of para-hydroxylation sites is 1. The molecule has 5 heteroatoms. The van der Waals surface area contributed by atoms with Gasteiger partial charge in [-0.05, 0) is 13.0 Å². The number of ether oxygens (including phenoxy) is 1. The third-order valence-corrected chi connectivity index (χ3v) is 3.56. The maximum Gasteiger partial charge on any atom is 0.145 e. The Balaban J connectivity index is 2.02. The van der Waals surface area contributed by atoms with Crippen LogP contribution in [0.3, 0.4) is 0 Å². The molecule has 5 nitrogen and oxygen atoms in total. The van der Waals surface area contributed by atoms with E-state index in [4.69, 9.17) is 4.74 Å². The second kappa shape index (κ2) is 4.89. The highest BCUT2D eigenvalue weighted by atomic mass is 16.5. The normalized spacial score (nSPS) is 14.2. The molecule has 1 aliphatic heterocycles. The van der Waals surface area contributed by atoms with E-state index in [-0.39, 0.29) is 0 Å². The Kier molecular flexibility index (Phi) is 3.07. The molecule has 0 aliphatic carbocycles. The van der Waals surface area contributed by atoms with Crippen LogP contribution in [0.4, 0.5) is 5.82 Å². The Morgan fingerprint density at radius 1 is 1.35 bits per heavy atom. The van der Waals surface area contributed by atoms with E-state index in [9.17, 15) is 5.26 Å². The molecule has 0 unspecified atom stereocenters. The molecule has 0 saturated heterocycles. The number of hydrogen-bond acceptors (Lipinski definition) is 4. The van der Waals surface area contributed by atoms with Crippen LogP contribution in [0.5, 0.6) is 5.75 Å². The van der Waals surface area contributed by atoms with E-state index in [0.717, 1.165) is 35.9 Å². The van der Waals surface area contributed by atoms with Gasteiger partial charge in [0.1, 0.15) is 29.8 Å². The number of benzene rings is 1. The van der Waals surface area contributed by atoms with Crippen molar-refractivity contribution in [2.24, 2.45) is 7.05 Å². The van der Waals surface area contributed by atoms with Crippen LogP contribution in [0.2, 0.25) is 0 Å². The molecule has 0 atom stereocenters. The molecule has 0 radical (unpaired) electrons. The van der Waals surface area contributed by atoms with Gasteiger partial charge in [0.15, 0.2) is 0 Å². The standard InChI is InChI=1S/C15H16N4O/c1-11-13(9-16)15(18(2)17-11)19-7-8-20-14-6-4-3-5-12(14)10-19/h3-6H,7-8,10H2,1-2H3. The average molecular weight is 268 g/mol. The van der Waals surface area contributed by atoms with Crippen LogP contribution < -0.4 is 9.64 Å². The van der Waals surface area contributed by atoms with Gasteiger partial charge in [0.05, 0.1) is 12.2 Å². The van der Waals surface area contributed by atoms with Crippen molar-refractivity contribution in [3.8, 4) is 11.8 Å². The molecule has 3 rings (SSSR count). The smallest absolute Gasteiger partial charge is 0.145 e. The number of fused-ring (bicyclic) bond motifs is 1. The van der Waals surface area contributed by atoms with Gasteiger partial charge < -0.3 is 9.64 Å². The largest absolute Gasteiger partial charge is 0.491 e. The van der Waals surface area contributed by atoms with Gasteiger partial charge in [0.2, 0.25) is 0 Å². The lowest BCUT2D eigenvalue weighted by molar-refractivity contribution is 0.331. The van der Waals surface area contributed by atoms with Crippen molar-refractivity contribution < 1.29 is 4.74 Å². The zero-order valence-electron chi connectivity index (χ0n) is 11.6. The first-order chi connectivity index (χ1) is 9.70. The van der Waals surface area contributed by atoms with Crippen molar-refractivity contribution in [3.05, 3.63) is 41.1 Å². The van der Waals surface area contributed by atoms with E-state index >= 15 is 0 Å². The lowest BCUT2D eigenvalue weighted by Crippen LogP contribution is -2.28. The van der Waals surface area contributed by atoms with E-state index in [2.05, 4.69) is 22.1 Å². The quantitative estimate of drug-likeness (QED) is 0.793. The average Bonchev–Trinajstić information content (AvgIpc) is 2.62. The van der Waals surface area contributed by atoms with Crippen LogP contribution in [0.1, 0.15) is 16.8 Å². The molecule has 0 spiro atoms. The van der Waals surface area contributed by atoms with Crippen LogP contribution in [0.15, 0.2) is 24.3 Å². The van der Waals surface area contributed by atoms with Gasteiger partial charge >= 0.3 is 0 Å². The molecule has 0 amide bonds. The van der Waals surface area contributed by atoms with Crippen LogP contribution >= 0.6 is 0 Å². The third-order valence-electron chi connectivity index (χ3n) is 3.56. The first-order valence-corrected chi connectivity index (χ1v) is 6.60. The fraction of sp³-hybridized carbons (Fsp3) is 0.333. The maximum atomic E-state index is 9.35. The third kappa shape index (κ3) is 1.99. The summed E-state index contributed by atoms with van der Waals surface area (Å²) < 4.78 is 7.55. The molecule has 1 aromatic heterocycles. The van der Waals surface area contributed by atoms with Crippen molar-refractivity contribution >= 4 is 5.82 Å². The summed E-state index contributed by atoms with van der Waals surface area (Å²) in [5, 5.41) is 13.7. The summed E-state index contributed by atoms with van der Waals surface area (Å²) in [6, 6.07) is 10.3. The zero-order chi connectivity index (χ0) is 14.1. The first-order valence-electron chi connectivity index (χ1n) is 6.60. The van der Waals surface area contributed by atoms with Crippen LogP contribution in [-0.4, -0.2) is 22.9 Å². The molecule has 2 heterocycles. The van der Waals surface area contributed by atoms with E-state index in [0.29, 0.717) is 12.2 Å². The maximum absolute atomic E-state index is 9.35. The minimum Gasteiger partial charge on any atom is -0.491 e. The Morgan fingerprint density at radius 2 is 2.15 bits per heavy atom. The SMILES string of the molecule is Cc1nn(C)c(N2CCOc3ccccc3C2)c1C#N. The lowest BCUT2D eigenvalue weighted by Gasteiger charge is -2.22. The number of nitriles is 1. The number of nitrogens with zero attached hydrogens (tertiary/aromatic N) is 4. The predicted molar refractivity (Wildman–Crippen MR) is 75.6 cm³/mol. The van der Waals surface area contributed by atoms with Crippen LogP contribution in [0.25, 0.3) is 0 Å². The Bertz CT molecular complexity index is 684.